The minimum atomic E-state index is -0.156. The van der Waals surface area contributed by atoms with Crippen molar-refractivity contribution in [2.75, 3.05) is 6.61 Å². The molecule has 0 spiro atoms. The third-order valence-electron chi connectivity index (χ3n) is 3.13. The second-order valence-electron chi connectivity index (χ2n) is 4.70. The highest BCUT2D eigenvalue weighted by Gasteiger charge is 2.36. The Kier molecular flexibility index (Phi) is 3.94. The molecule has 1 fully saturated rings. The number of hydrogen-bond donors (Lipinski definition) is 0. The number of nitrogens with zero attached hydrogens (tertiary/aromatic N) is 2. The molecule has 0 radical (unpaired) electrons. The van der Waals surface area contributed by atoms with Gasteiger partial charge in [0.2, 0.25) is 0 Å². The first-order valence-electron chi connectivity index (χ1n) is 6.32. The molecule has 0 saturated heterocycles. The molecule has 1 aromatic heterocycles. The monoisotopic (exact) mass is 236 g/mol. The van der Waals surface area contributed by atoms with Gasteiger partial charge in [0, 0.05) is 26.3 Å². The highest BCUT2D eigenvalue weighted by atomic mass is 16.5. The first kappa shape index (κ1) is 12.3. The van der Waals surface area contributed by atoms with Gasteiger partial charge in [0.25, 0.3) is 0 Å². The second-order valence-corrected chi connectivity index (χ2v) is 4.70. The maximum atomic E-state index is 12.0. The molecule has 1 unspecified atom stereocenters. The number of hydrogen-bond acceptors (Lipinski definition) is 3. The van der Waals surface area contributed by atoms with E-state index in [4.69, 9.17) is 4.74 Å². The minimum absolute atomic E-state index is 0.156. The lowest BCUT2D eigenvalue weighted by Gasteiger charge is -2.14. The van der Waals surface area contributed by atoms with Crippen molar-refractivity contribution in [3.63, 3.8) is 0 Å². The van der Waals surface area contributed by atoms with Gasteiger partial charge in [-0.05, 0) is 37.7 Å². The molecule has 0 bridgehead atoms. The molecular weight excluding hydrogens is 216 g/mol. The van der Waals surface area contributed by atoms with Crippen LogP contribution in [0.25, 0.3) is 0 Å². The van der Waals surface area contributed by atoms with E-state index in [1.54, 1.807) is 4.68 Å². The number of rotatable bonds is 7. The minimum Gasteiger partial charge on any atom is -0.370 e. The molecule has 0 amide bonds. The van der Waals surface area contributed by atoms with E-state index in [1.807, 2.05) is 26.4 Å². The van der Waals surface area contributed by atoms with E-state index < -0.39 is 0 Å². The van der Waals surface area contributed by atoms with Gasteiger partial charge >= 0.3 is 0 Å². The Morgan fingerprint density at radius 3 is 2.94 bits per heavy atom. The molecule has 4 heteroatoms. The van der Waals surface area contributed by atoms with E-state index in [2.05, 4.69) is 5.10 Å². The van der Waals surface area contributed by atoms with Gasteiger partial charge in [-0.2, -0.15) is 5.10 Å². The fourth-order valence-corrected chi connectivity index (χ4v) is 2.08. The van der Waals surface area contributed by atoms with Crippen LogP contribution in [0.4, 0.5) is 0 Å². The van der Waals surface area contributed by atoms with Gasteiger partial charge in [-0.3, -0.25) is 9.48 Å². The van der Waals surface area contributed by atoms with Crippen molar-refractivity contribution in [2.45, 2.75) is 38.7 Å². The molecule has 0 N–H and O–H groups in total. The molecular formula is C13H20N2O2. The van der Waals surface area contributed by atoms with Crippen LogP contribution >= 0.6 is 0 Å². The fourth-order valence-electron chi connectivity index (χ4n) is 2.08. The predicted molar refractivity (Wildman–Crippen MR) is 64.7 cm³/mol. The molecule has 1 atom stereocenters. The van der Waals surface area contributed by atoms with Crippen LogP contribution in [0.1, 0.15) is 31.7 Å². The first-order chi connectivity index (χ1) is 8.20. The van der Waals surface area contributed by atoms with Crippen LogP contribution < -0.4 is 0 Å². The van der Waals surface area contributed by atoms with Gasteiger partial charge < -0.3 is 4.74 Å². The zero-order chi connectivity index (χ0) is 12.3. The van der Waals surface area contributed by atoms with Gasteiger partial charge in [-0.15, -0.1) is 0 Å². The van der Waals surface area contributed by atoms with Crippen molar-refractivity contribution in [3.05, 3.63) is 18.0 Å². The summed E-state index contributed by atoms with van der Waals surface area (Å²) in [5, 5.41) is 4.10. The summed E-state index contributed by atoms with van der Waals surface area (Å²) in [4.78, 5) is 12.0. The molecule has 4 nitrogen and oxygen atoms in total. The summed E-state index contributed by atoms with van der Waals surface area (Å²) < 4.78 is 7.32. The molecule has 94 valence electrons. The quantitative estimate of drug-likeness (QED) is 0.724. The zero-order valence-corrected chi connectivity index (χ0v) is 10.6. The number of aryl methyl sites for hydroxylation is 2. The zero-order valence-electron chi connectivity index (χ0n) is 10.6. The van der Waals surface area contributed by atoms with Crippen molar-refractivity contribution < 1.29 is 9.53 Å². The number of aromatic nitrogens is 2. The Labute approximate surface area is 102 Å². The summed E-state index contributed by atoms with van der Waals surface area (Å²) in [6, 6.07) is 0. The van der Waals surface area contributed by atoms with E-state index in [-0.39, 0.29) is 11.9 Å². The Morgan fingerprint density at radius 1 is 1.65 bits per heavy atom. The molecule has 1 heterocycles. The van der Waals surface area contributed by atoms with Crippen LogP contribution in [0, 0.1) is 5.92 Å². The summed E-state index contributed by atoms with van der Waals surface area (Å²) in [5.74, 6) is 0.731. The topological polar surface area (TPSA) is 44.1 Å². The summed E-state index contributed by atoms with van der Waals surface area (Å²) in [6.07, 6.45) is 7.24. The fraction of sp³-hybridized carbons (Fsp3) is 0.692. The maximum absolute atomic E-state index is 12.0. The van der Waals surface area contributed by atoms with Gasteiger partial charge in [-0.1, -0.05) is 0 Å². The lowest BCUT2D eigenvalue weighted by atomic mass is 10.0. The Bertz CT molecular complexity index is 383. The van der Waals surface area contributed by atoms with Crippen LogP contribution in [0.2, 0.25) is 0 Å². The lowest BCUT2D eigenvalue weighted by molar-refractivity contribution is -0.131. The average molecular weight is 236 g/mol. The van der Waals surface area contributed by atoms with Crippen LogP contribution in [0.3, 0.4) is 0 Å². The largest absolute Gasteiger partial charge is 0.370 e. The van der Waals surface area contributed by atoms with Crippen LogP contribution in [-0.4, -0.2) is 28.3 Å². The highest BCUT2D eigenvalue weighted by molar-refractivity contribution is 5.84. The molecule has 17 heavy (non-hydrogen) atoms. The van der Waals surface area contributed by atoms with Crippen LogP contribution in [0.5, 0.6) is 0 Å². The number of carbonyl (C=O) groups excluding carboxylic acids is 1. The van der Waals surface area contributed by atoms with E-state index in [0.717, 1.165) is 24.8 Å². The number of ether oxygens (including phenoxy) is 1. The van der Waals surface area contributed by atoms with E-state index >= 15 is 0 Å². The van der Waals surface area contributed by atoms with E-state index in [9.17, 15) is 4.79 Å². The van der Waals surface area contributed by atoms with Crippen LogP contribution in [-0.2, 0) is 23.0 Å². The van der Waals surface area contributed by atoms with Crippen molar-refractivity contribution in [3.8, 4) is 0 Å². The summed E-state index contributed by atoms with van der Waals surface area (Å²) in [6.45, 7) is 2.57. The molecule has 1 saturated carbocycles. The maximum Gasteiger partial charge on any atom is 0.162 e. The molecule has 1 aliphatic carbocycles. The Hall–Kier alpha value is -1.16. The lowest BCUT2D eigenvalue weighted by Crippen LogP contribution is -2.26. The van der Waals surface area contributed by atoms with Crippen molar-refractivity contribution in [1.29, 1.82) is 0 Å². The smallest absolute Gasteiger partial charge is 0.162 e. The van der Waals surface area contributed by atoms with Crippen molar-refractivity contribution in [1.82, 2.24) is 9.78 Å². The number of ketones is 1. The third kappa shape index (κ3) is 3.40. The highest BCUT2D eigenvalue weighted by Crippen LogP contribution is 2.35. The first-order valence-corrected chi connectivity index (χ1v) is 6.32. The Morgan fingerprint density at radius 2 is 2.41 bits per heavy atom. The Balaban J connectivity index is 1.82. The van der Waals surface area contributed by atoms with Crippen molar-refractivity contribution in [2.24, 2.45) is 13.0 Å². The van der Waals surface area contributed by atoms with Gasteiger partial charge in [0.15, 0.2) is 5.78 Å². The molecule has 1 aliphatic rings. The molecule has 2 rings (SSSR count). The molecule has 1 aromatic rings. The third-order valence-corrected chi connectivity index (χ3v) is 3.13. The SMILES string of the molecule is CCOC(C(=O)CCc1cnn(C)c1)C1CC1. The van der Waals surface area contributed by atoms with Gasteiger partial charge in [0.1, 0.15) is 6.10 Å². The van der Waals surface area contributed by atoms with E-state index in [1.165, 1.54) is 0 Å². The normalized spacial score (nSPS) is 17.1. The predicted octanol–water partition coefficient (Wildman–Crippen LogP) is 1.74. The van der Waals surface area contributed by atoms with Crippen molar-refractivity contribution >= 4 is 5.78 Å². The summed E-state index contributed by atoms with van der Waals surface area (Å²) >= 11 is 0. The number of Topliss-reactive ketones (excluding diaryl/α,β-unsaturated/α-hetero) is 1. The van der Waals surface area contributed by atoms with Crippen LogP contribution in [0.15, 0.2) is 12.4 Å². The van der Waals surface area contributed by atoms with Gasteiger partial charge in [0.05, 0.1) is 6.20 Å². The molecule has 0 aromatic carbocycles. The second kappa shape index (κ2) is 5.45. The number of carbonyl (C=O) groups is 1. The summed E-state index contributed by atoms with van der Waals surface area (Å²) in [5.41, 5.74) is 1.12. The van der Waals surface area contributed by atoms with E-state index in [0.29, 0.717) is 18.9 Å². The molecule has 0 aliphatic heterocycles. The average Bonchev–Trinajstić information content (AvgIpc) is 3.06. The summed E-state index contributed by atoms with van der Waals surface area (Å²) in [7, 11) is 1.89. The van der Waals surface area contributed by atoms with Gasteiger partial charge in [-0.25, -0.2) is 0 Å². The standard InChI is InChI=1S/C13H20N2O2/c1-3-17-13(11-5-6-11)12(16)7-4-10-8-14-15(2)9-10/h8-9,11,13H,3-7H2,1-2H3.